The van der Waals surface area contributed by atoms with Crippen LogP contribution in [0.15, 0.2) is 12.7 Å². The first-order valence-corrected chi connectivity index (χ1v) is 2.76. The number of nitrogens with two attached hydrogens (primary N) is 1. The molecule has 0 bridgehead atoms. The van der Waals surface area contributed by atoms with Crippen molar-refractivity contribution in [1.29, 1.82) is 5.41 Å². The van der Waals surface area contributed by atoms with Crippen LogP contribution in [-0.4, -0.2) is 18.4 Å². The highest BCUT2D eigenvalue weighted by atomic mass is 35.5. The van der Waals surface area contributed by atoms with Crippen molar-refractivity contribution in [3.05, 3.63) is 12.7 Å². The molecule has 4 nitrogen and oxygen atoms in total. The van der Waals surface area contributed by atoms with Crippen LogP contribution in [0, 0.1) is 5.41 Å². The predicted octanol–water partition coefficient (Wildman–Crippen LogP) is 0.885. The van der Waals surface area contributed by atoms with E-state index in [-0.39, 0.29) is 43.7 Å². The molecular formula is C6H12Cl2N2O2. The quantitative estimate of drug-likeness (QED) is 0.415. The lowest BCUT2D eigenvalue weighted by atomic mass is 10.4. The molecule has 6 heteroatoms. The number of halogens is 2. The molecule has 0 aromatic heterocycles. The summed E-state index contributed by atoms with van der Waals surface area (Å²) in [5.74, 6) is -0.679. The normalized spacial score (nSPS) is 7.00. The number of hydrogen-bond acceptors (Lipinski definition) is 3. The maximum absolute atomic E-state index is 10.1. The van der Waals surface area contributed by atoms with Gasteiger partial charge in [0, 0.05) is 0 Å². The number of hydrogen-bond donors (Lipinski definition) is 2. The van der Waals surface area contributed by atoms with Gasteiger partial charge in [-0.05, 0) is 0 Å². The topological polar surface area (TPSA) is 76.2 Å². The standard InChI is InChI=1S/C6H10N2O2.2ClH/c1-2-3-10-6(8)4-5(7)9;;/h2,8H,1,3-4H2,(H2,7,9);2*1H. The molecule has 0 rings (SSSR count). The van der Waals surface area contributed by atoms with E-state index in [0.29, 0.717) is 0 Å². The van der Waals surface area contributed by atoms with Crippen LogP contribution < -0.4 is 5.73 Å². The van der Waals surface area contributed by atoms with Crippen LogP contribution in [0.1, 0.15) is 6.42 Å². The average molecular weight is 215 g/mol. The molecule has 0 unspecified atom stereocenters. The van der Waals surface area contributed by atoms with Gasteiger partial charge in [-0.1, -0.05) is 12.7 Å². The van der Waals surface area contributed by atoms with Gasteiger partial charge in [-0.15, -0.1) is 24.8 Å². The molecule has 3 N–H and O–H groups in total. The van der Waals surface area contributed by atoms with Crippen molar-refractivity contribution in [2.24, 2.45) is 5.73 Å². The van der Waals surface area contributed by atoms with Gasteiger partial charge in [-0.2, -0.15) is 0 Å². The molecule has 0 saturated carbocycles. The van der Waals surface area contributed by atoms with Crippen molar-refractivity contribution in [1.82, 2.24) is 0 Å². The van der Waals surface area contributed by atoms with Crippen molar-refractivity contribution in [2.75, 3.05) is 6.61 Å². The summed E-state index contributed by atoms with van der Waals surface area (Å²) in [4.78, 5) is 10.1. The lowest BCUT2D eigenvalue weighted by molar-refractivity contribution is -0.117. The molecule has 0 aliphatic heterocycles. The molecule has 0 radical (unpaired) electrons. The minimum Gasteiger partial charge on any atom is -0.477 e. The molecule has 0 heterocycles. The molecule has 72 valence electrons. The van der Waals surface area contributed by atoms with E-state index in [1.807, 2.05) is 0 Å². The van der Waals surface area contributed by atoms with Gasteiger partial charge in [0.2, 0.25) is 5.91 Å². The minimum atomic E-state index is -0.561. The Hall–Kier alpha value is -0.740. The molecule has 0 aromatic carbocycles. The van der Waals surface area contributed by atoms with Gasteiger partial charge in [-0.25, -0.2) is 0 Å². The number of carbonyl (C=O) groups excluding carboxylic acids is 1. The zero-order valence-corrected chi connectivity index (χ0v) is 8.04. The predicted molar refractivity (Wildman–Crippen MR) is 52.2 cm³/mol. The van der Waals surface area contributed by atoms with E-state index in [2.05, 4.69) is 11.3 Å². The summed E-state index contributed by atoms with van der Waals surface area (Å²) < 4.78 is 4.67. The van der Waals surface area contributed by atoms with Gasteiger partial charge in [0.05, 0.1) is 0 Å². The van der Waals surface area contributed by atoms with Gasteiger partial charge in [-0.3, -0.25) is 10.2 Å². The Bertz CT molecular complexity index is 162. The molecule has 12 heavy (non-hydrogen) atoms. The van der Waals surface area contributed by atoms with E-state index in [4.69, 9.17) is 11.1 Å². The summed E-state index contributed by atoms with van der Waals surface area (Å²) in [7, 11) is 0. The molecule has 0 spiro atoms. The minimum absolute atomic E-state index is 0. The third kappa shape index (κ3) is 12.0. The summed E-state index contributed by atoms with van der Waals surface area (Å²) in [6, 6.07) is 0. The van der Waals surface area contributed by atoms with Crippen LogP contribution in [0.4, 0.5) is 0 Å². The lowest BCUT2D eigenvalue weighted by Gasteiger charge is -2.00. The fourth-order valence-corrected chi connectivity index (χ4v) is 0.369. The largest absolute Gasteiger partial charge is 0.477 e. The van der Waals surface area contributed by atoms with Gasteiger partial charge >= 0.3 is 0 Å². The number of nitrogens with one attached hydrogen (secondary N) is 1. The first-order chi connectivity index (χ1) is 4.66. The van der Waals surface area contributed by atoms with E-state index in [1.54, 1.807) is 0 Å². The summed E-state index contributed by atoms with van der Waals surface area (Å²) in [6.07, 6.45) is 1.35. The number of ether oxygens (including phenoxy) is 1. The second kappa shape index (κ2) is 10.3. The number of carbonyl (C=O) groups is 1. The Morgan fingerprint density at radius 3 is 2.42 bits per heavy atom. The third-order valence-electron chi connectivity index (χ3n) is 0.710. The summed E-state index contributed by atoms with van der Waals surface area (Å²) in [5, 5.41) is 6.95. The summed E-state index contributed by atoms with van der Waals surface area (Å²) in [5.41, 5.74) is 4.78. The number of primary amides is 1. The van der Waals surface area contributed by atoms with Crippen LogP contribution in [-0.2, 0) is 9.53 Å². The van der Waals surface area contributed by atoms with Crippen LogP contribution in [0.3, 0.4) is 0 Å². The Balaban J connectivity index is -0.000000405. The molecule has 0 atom stereocenters. The average Bonchev–Trinajstić information content (AvgIpc) is 1.82. The number of amides is 1. The monoisotopic (exact) mass is 214 g/mol. The van der Waals surface area contributed by atoms with E-state index in [0.717, 1.165) is 0 Å². The Morgan fingerprint density at radius 2 is 2.08 bits per heavy atom. The zero-order valence-electron chi connectivity index (χ0n) is 6.41. The van der Waals surface area contributed by atoms with Crippen molar-refractivity contribution < 1.29 is 9.53 Å². The molecule has 0 aliphatic rings. The third-order valence-corrected chi connectivity index (χ3v) is 0.710. The maximum Gasteiger partial charge on any atom is 0.226 e. The van der Waals surface area contributed by atoms with E-state index < -0.39 is 5.91 Å². The first kappa shape index (κ1) is 17.4. The molecule has 1 amide bonds. The fourth-order valence-electron chi connectivity index (χ4n) is 0.369. The van der Waals surface area contributed by atoms with E-state index in [1.165, 1.54) is 6.08 Å². The van der Waals surface area contributed by atoms with Crippen molar-refractivity contribution in [3.63, 3.8) is 0 Å². The smallest absolute Gasteiger partial charge is 0.226 e. The van der Waals surface area contributed by atoms with Gasteiger partial charge < -0.3 is 10.5 Å². The van der Waals surface area contributed by atoms with E-state index >= 15 is 0 Å². The fraction of sp³-hybridized carbons (Fsp3) is 0.333. The maximum atomic E-state index is 10.1. The first-order valence-electron chi connectivity index (χ1n) is 2.76. The molecule has 0 fully saturated rings. The van der Waals surface area contributed by atoms with Crippen molar-refractivity contribution in [3.8, 4) is 0 Å². The van der Waals surface area contributed by atoms with Gasteiger partial charge in [0.25, 0.3) is 0 Å². The van der Waals surface area contributed by atoms with Gasteiger partial charge in [0.1, 0.15) is 13.0 Å². The van der Waals surface area contributed by atoms with Crippen molar-refractivity contribution in [2.45, 2.75) is 6.42 Å². The molecule has 0 saturated heterocycles. The van der Waals surface area contributed by atoms with E-state index in [9.17, 15) is 4.79 Å². The summed E-state index contributed by atoms with van der Waals surface area (Å²) >= 11 is 0. The van der Waals surface area contributed by atoms with Crippen molar-refractivity contribution >= 4 is 36.6 Å². The lowest BCUT2D eigenvalue weighted by Crippen LogP contribution is -2.17. The highest BCUT2D eigenvalue weighted by Crippen LogP contribution is 1.84. The van der Waals surface area contributed by atoms with Crippen LogP contribution >= 0.6 is 24.8 Å². The molecular weight excluding hydrogens is 203 g/mol. The Kier molecular flexibility index (Phi) is 14.9. The highest BCUT2D eigenvalue weighted by Gasteiger charge is 2.00. The molecule has 0 aliphatic carbocycles. The number of rotatable bonds is 4. The Morgan fingerprint density at radius 1 is 1.58 bits per heavy atom. The summed E-state index contributed by atoms with van der Waals surface area (Å²) in [6.45, 7) is 3.62. The zero-order chi connectivity index (χ0) is 7.98. The highest BCUT2D eigenvalue weighted by molar-refractivity contribution is 5.94. The van der Waals surface area contributed by atoms with Crippen LogP contribution in [0.2, 0.25) is 0 Å². The van der Waals surface area contributed by atoms with Crippen LogP contribution in [0.5, 0.6) is 0 Å². The Labute approximate surface area is 83.5 Å². The SMILES string of the molecule is C=CCOC(=N)CC(N)=O.Cl.Cl. The second-order valence-electron chi connectivity index (χ2n) is 1.67. The van der Waals surface area contributed by atoms with Gasteiger partial charge in [0.15, 0.2) is 5.90 Å². The molecule has 0 aromatic rings. The second-order valence-corrected chi connectivity index (χ2v) is 1.67. The van der Waals surface area contributed by atoms with Crippen LogP contribution in [0.25, 0.3) is 0 Å².